The molecule has 1 aromatic carbocycles. The van der Waals surface area contributed by atoms with Crippen molar-refractivity contribution in [1.82, 2.24) is 9.97 Å². The van der Waals surface area contributed by atoms with Gasteiger partial charge >= 0.3 is 0 Å². The van der Waals surface area contributed by atoms with Crippen molar-refractivity contribution in [1.29, 1.82) is 0 Å². The van der Waals surface area contributed by atoms with Crippen LogP contribution in [0.2, 0.25) is 0 Å². The molecule has 106 valence electrons. The van der Waals surface area contributed by atoms with Gasteiger partial charge in [-0.3, -0.25) is 0 Å². The van der Waals surface area contributed by atoms with Crippen LogP contribution >= 0.6 is 15.9 Å². The van der Waals surface area contributed by atoms with Crippen LogP contribution in [0.4, 0.5) is 17.3 Å². The standard InChI is InChI=1S/C15H19BrN4/c1-4-13-19-14(17-5-2)9-15(20-13)18-12-8-11(16)7-6-10(12)3/h6-9H,4-5H2,1-3H3,(H2,17,18,19,20). The zero-order valence-corrected chi connectivity index (χ0v) is 13.6. The highest BCUT2D eigenvalue weighted by molar-refractivity contribution is 9.10. The molecule has 0 amide bonds. The molecule has 4 nitrogen and oxygen atoms in total. The highest BCUT2D eigenvalue weighted by Gasteiger charge is 2.05. The minimum absolute atomic E-state index is 0.811. The van der Waals surface area contributed by atoms with Crippen molar-refractivity contribution in [2.75, 3.05) is 17.2 Å². The molecule has 0 aliphatic heterocycles. The lowest BCUT2D eigenvalue weighted by molar-refractivity contribution is 0.939. The van der Waals surface area contributed by atoms with Gasteiger partial charge in [-0.25, -0.2) is 9.97 Å². The Balaban J connectivity index is 2.32. The molecular formula is C15H19BrN4. The van der Waals surface area contributed by atoms with Crippen LogP contribution in [0.15, 0.2) is 28.7 Å². The summed E-state index contributed by atoms with van der Waals surface area (Å²) in [5.41, 5.74) is 2.22. The number of rotatable bonds is 5. The Labute approximate surface area is 128 Å². The Morgan fingerprint density at radius 2 is 1.85 bits per heavy atom. The summed E-state index contributed by atoms with van der Waals surface area (Å²) in [5.74, 6) is 2.50. The first-order valence-corrected chi connectivity index (χ1v) is 7.56. The Bertz CT molecular complexity index is 598. The van der Waals surface area contributed by atoms with Gasteiger partial charge in [0.2, 0.25) is 0 Å². The minimum atomic E-state index is 0.811. The number of benzene rings is 1. The van der Waals surface area contributed by atoms with E-state index in [1.165, 1.54) is 5.56 Å². The Morgan fingerprint density at radius 1 is 1.10 bits per heavy atom. The van der Waals surface area contributed by atoms with Gasteiger partial charge in [0.05, 0.1) is 0 Å². The molecule has 2 aromatic rings. The van der Waals surface area contributed by atoms with Crippen LogP contribution in [-0.4, -0.2) is 16.5 Å². The van der Waals surface area contributed by atoms with Gasteiger partial charge in [-0.1, -0.05) is 28.9 Å². The molecule has 2 rings (SSSR count). The lowest BCUT2D eigenvalue weighted by Crippen LogP contribution is -2.06. The highest BCUT2D eigenvalue weighted by Crippen LogP contribution is 2.24. The van der Waals surface area contributed by atoms with Crippen molar-refractivity contribution in [3.8, 4) is 0 Å². The second-order valence-electron chi connectivity index (χ2n) is 4.52. The zero-order chi connectivity index (χ0) is 14.5. The minimum Gasteiger partial charge on any atom is -0.370 e. The molecular weight excluding hydrogens is 316 g/mol. The molecule has 0 atom stereocenters. The number of nitrogens with one attached hydrogen (secondary N) is 2. The number of anilines is 3. The van der Waals surface area contributed by atoms with E-state index in [-0.39, 0.29) is 0 Å². The molecule has 0 saturated carbocycles. The lowest BCUT2D eigenvalue weighted by Gasteiger charge is -2.12. The van der Waals surface area contributed by atoms with Crippen LogP contribution in [0.1, 0.15) is 25.2 Å². The predicted octanol–water partition coefficient (Wildman–Crippen LogP) is 4.29. The van der Waals surface area contributed by atoms with Crippen molar-refractivity contribution in [2.45, 2.75) is 27.2 Å². The first-order valence-electron chi connectivity index (χ1n) is 6.77. The van der Waals surface area contributed by atoms with E-state index in [9.17, 15) is 0 Å². The van der Waals surface area contributed by atoms with Crippen molar-refractivity contribution in [3.63, 3.8) is 0 Å². The fourth-order valence-corrected chi connectivity index (χ4v) is 2.22. The Morgan fingerprint density at radius 3 is 2.55 bits per heavy atom. The number of aryl methyl sites for hydroxylation is 2. The van der Waals surface area contributed by atoms with Gasteiger partial charge in [0, 0.05) is 29.2 Å². The fraction of sp³-hybridized carbons (Fsp3) is 0.333. The van der Waals surface area contributed by atoms with Gasteiger partial charge in [0.1, 0.15) is 17.5 Å². The van der Waals surface area contributed by atoms with E-state index in [1.54, 1.807) is 0 Å². The smallest absolute Gasteiger partial charge is 0.136 e. The number of hydrogen-bond donors (Lipinski definition) is 2. The molecule has 0 aliphatic rings. The van der Waals surface area contributed by atoms with Crippen LogP contribution in [0.25, 0.3) is 0 Å². The summed E-state index contributed by atoms with van der Waals surface area (Å²) in [7, 11) is 0. The maximum absolute atomic E-state index is 4.52. The first kappa shape index (κ1) is 14.8. The van der Waals surface area contributed by atoms with E-state index in [2.05, 4.69) is 69.4 Å². The first-order chi connectivity index (χ1) is 9.62. The van der Waals surface area contributed by atoms with E-state index in [4.69, 9.17) is 0 Å². The number of aromatic nitrogens is 2. The van der Waals surface area contributed by atoms with Gasteiger partial charge in [0.25, 0.3) is 0 Å². The summed E-state index contributed by atoms with van der Waals surface area (Å²) in [6.07, 6.45) is 0.811. The topological polar surface area (TPSA) is 49.8 Å². The van der Waals surface area contributed by atoms with Crippen molar-refractivity contribution in [3.05, 3.63) is 40.1 Å². The predicted molar refractivity (Wildman–Crippen MR) is 87.7 cm³/mol. The summed E-state index contributed by atoms with van der Waals surface area (Å²) in [6, 6.07) is 8.08. The summed E-state index contributed by atoms with van der Waals surface area (Å²) in [5, 5.41) is 6.60. The van der Waals surface area contributed by atoms with Crippen LogP contribution in [0.5, 0.6) is 0 Å². The molecule has 1 aromatic heterocycles. The van der Waals surface area contributed by atoms with Crippen LogP contribution in [-0.2, 0) is 6.42 Å². The molecule has 0 spiro atoms. The third kappa shape index (κ3) is 3.70. The van der Waals surface area contributed by atoms with Gasteiger partial charge in [-0.05, 0) is 31.5 Å². The van der Waals surface area contributed by atoms with Crippen LogP contribution in [0, 0.1) is 6.92 Å². The summed E-state index contributed by atoms with van der Waals surface area (Å²) in [4.78, 5) is 8.97. The third-order valence-corrected chi connectivity index (χ3v) is 3.40. The van der Waals surface area contributed by atoms with Gasteiger partial charge in [-0.2, -0.15) is 0 Å². The molecule has 0 bridgehead atoms. The molecule has 0 unspecified atom stereocenters. The summed E-state index contributed by atoms with van der Waals surface area (Å²) in [6.45, 7) is 7.02. The van der Waals surface area contributed by atoms with Crippen LogP contribution in [0.3, 0.4) is 0 Å². The Hall–Kier alpha value is -1.62. The summed E-state index contributed by atoms with van der Waals surface area (Å²) >= 11 is 3.49. The number of hydrogen-bond acceptors (Lipinski definition) is 4. The Kier molecular flexibility index (Phi) is 4.95. The molecule has 0 aliphatic carbocycles. The van der Waals surface area contributed by atoms with E-state index >= 15 is 0 Å². The molecule has 1 heterocycles. The van der Waals surface area contributed by atoms with Crippen molar-refractivity contribution in [2.24, 2.45) is 0 Å². The zero-order valence-electron chi connectivity index (χ0n) is 12.0. The van der Waals surface area contributed by atoms with E-state index < -0.39 is 0 Å². The summed E-state index contributed by atoms with van der Waals surface area (Å²) < 4.78 is 1.04. The monoisotopic (exact) mass is 334 g/mol. The average Bonchev–Trinajstić information content (AvgIpc) is 2.43. The number of halogens is 1. The normalized spacial score (nSPS) is 10.4. The number of nitrogens with zero attached hydrogens (tertiary/aromatic N) is 2. The quantitative estimate of drug-likeness (QED) is 0.856. The fourth-order valence-electron chi connectivity index (χ4n) is 1.86. The maximum Gasteiger partial charge on any atom is 0.136 e. The second kappa shape index (κ2) is 6.70. The van der Waals surface area contributed by atoms with E-state index in [0.717, 1.165) is 40.6 Å². The lowest BCUT2D eigenvalue weighted by atomic mass is 10.2. The van der Waals surface area contributed by atoms with Crippen molar-refractivity contribution < 1.29 is 0 Å². The van der Waals surface area contributed by atoms with Gasteiger partial charge < -0.3 is 10.6 Å². The van der Waals surface area contributed by atoms with Gasteiger partial charge in [-0.15, -0.1) is 0 Å². The second-order valence-corrected chi connectivity index (χ2v) is 5.44. The maximum atomic E-state index is 4.52. The molecule has 5 heteroatoms. The highest BCUT2D eigenvalue weighted by atomic mass is 79.9. The van der Waals surface area contributed by atoms with E-state index in [1.807, 2.05) is 12.1 Å². The van der Waals surface area contributed by atoms with E-state index in [0.29, 0.717) is 0 Å². The molecule has 0 radical (unpaired) electrons. The van der Waals surface area contributed by atoms with Gasteiger partial charge in [0.15, 0.2) is 0 Å². The molecule has 0 fully saturated rings. The SMILES string of the molecule is CCNc1cc(Nc2cc(Br)ccc2C)nc(CC)n1. The molecule has 20 heavy (non-hydrogen) atoms. The average molecular weight is 335 g/mol. The van der Waals surface area contributed by atoms with Crippen molar-refractivity contribution >= 4 is 33.3 Å². The largest absolute Gasteiger partial charge is 0.370 e. The van der Waals surface area contributed by atoms with Crippen LogP contribution < -0.4 is 10.6 Å². The molecule has 2 N–H and O–H groups in total. The third-order valence-electron chi connectivity index (χ3n) is 2.91. The molecule has 0 saturated heterocycles.